The fraction of sp³-hybridized carbons (Fsp3) is 0.286. The van der Waals surface area contributed by atoms with Crippen molar-refractivity contribution in [1.82, 2.24) is 4.57 Å². The number of anilines is 2. The summed E-state index contributed by atoms with van der Waals surface area (Å²) in [4.78, 5) is 38.7. The summed E-state index contributed by atoms with van der Waals surface area (Å²) in [6, 6.07) is 10.9. The van der Waals surface area contributed by atoms with Crippen LogP contribution in [0.1, 0.15) is 24.0 Å². The summed E-state index contributed by atoms with van der Waals surface area (Å²) in [5, 5.41) is 2.90. The maximum absolute atomic E-state index is 12.6. The molecule has 0 saturated carbocycles. The van der Waals surface area contributed by atoms with E-state index >= 15 is 0 Å². The lowest BCUT2D eigenvalue weighted by atomic mass is 9.91. The molecular formula is C21H19N3O4. The molecule has 0 saturated heterocycles. The van der Waals surface area contributed by atoms with Gasteiger partial charge in [-0.05, 0) is 54.7 Å². The van der Waals surface area contributed by atoms with Gasteiger partial charge in [-0.25, -0.2) is 4.79 Å². The molecule has 28 heavy (non-hydrogen) atoms. The first-order chi connectivity index (χ1) is 13.6. The molecule has 0 unspecified atom stereocenters. The Kier molecular flexibility index (Phi) is 3.82. The first-order valence-corrected chi connectivity index (χ1v) is 9.44. The average Bonchev–Trinajstić information content (AvgIpc) is 3.00. The number of aromatic nitrogens is 1. The molecule has 2 aliphatic rings. The standard InChI is InChI=1S/C21H19N3O4/c25-18(12-24-16-5-1-2-6-17(16)28-21(24)27)22-15-10-13-4-3-9-23-19(26)8-7-14(11-15)20(13)23/h1-2,5-6,10-11H,3-4,7-9,12H2,(H,22,25). The Morgan fingerprint density at radius 1 is 1.07 bits per heavy atom. The Morgan fingerprint density at radius 3 is 2.71 bits per heavy atom. The number of para-hydroxylation sites is 2. The van der Waals surface area contributed by atoms with Gasteiger partial charge < -0.3 is 14.6 Å². The van der Waals surface area contributed by atoms with Crippen molar-refractivity contribution in [2.75, 3.05) is 16.8 Å². The van der Waals surface area contributed by atoms with E-state index in [9.17, 15) is 14.4 Å². The minimum atomic E-state index is -0.550. The van der Waals surface area contributed by atoms with Crippen molar-refractivity contribution in [2.24, 2.45) is 0 Å². The average molecular weight is 377 g/mol. The topological polar surface area (TPSA) is 84.5 Å². The van der Waals surface area contributed by atoms with E-state index in [0.29, 0.717) is 29.6 Å². The minimum absolute atomic E-state index is 0.118. The smallest absolute Gasteiger partial charge is 0.408 e. The van der Waals surface area contributed by atoms with Crippen LogP contribution < -0.4 is 16.0 Å². The highest BCUT2D eigenvalue weighted by Crippen LogP contribution is 2.37. The SMILES string of the molecule is O=C(Cn1c(=O)oc2ccccc21)Nc1cc2c3c(c1)CCC(=O)N3CCC2. The fourth-order valence-corrected chi connectivity index (χ4v) is 4.23. The summed E-state index contributed by atoms with van der Waals surface area (Å²) in [6.07, 6.45) is 3.00. The molecular weight excluding hydrogens is 358 g/mol. The number of aryl methyl sites for hydroxylation is 2. The largest absolute Gasteiger partial charge is 0.420 e. The monoisotopic (exact) mass is 377 g/mol. The Bertz CT molecular complexity index is 1160. The van der Waals surface area contributed by atoms with Crippen LogP contribution in [0.2, 0.25) is 0 Å². The number of carbonyl (C=O) groups is 2. The van der Waals surface area contributed by atoms with Crippen molar-refractivity contribution in [3.63, 3.8) is 0 Å². The molecule has 0 atom stereocenters. The van der Waals surface area contributed by atoms with Crippen molar-refractivity contribution in [3.8, 4) is 0 Å². The number of nitrogens with zero attached hydrogens (tertiary/aromatic N) is 2. The molecule has 5 rings (SSSR count). The number of hydrogen-bond donors (Lipinski definition) is 1. The maximum atomic E-state index is 12.6. The molecule has 2 aliphatic heterocycles. The zero-order valence-electron chi connectivity index (χ0n) is 15.2. The molecule has 2 amide bonds. The third-order valence-electron chi connectivity index (χ3n) is 5.43. The van der Waals surface area contributed by atoms with E-state index in [0.717, 1.165) is 36.2 Å². The Morgan fingerprint density at radius 2 is 1.86 bits per heavy atom. The van der Waals surface area contributed by atoms with Crippen LogP contribution >= 0.6 is 0 Å². The van der Waals surface area contributed by atoms with E-state index in [1.807, 2.05) is 17.0 Å². The number of amides is 2. The van der Waals surface area contributed by atoms with Gasteiger partial charge >= 0.3 is 5.76 Å². The molecule has 7 heteroatoms. The molecule has 0 fully saturated rings. The van der Waals surface area contributed by atoms with E-state index in [1.54, 1.807) is 24.3 Å². The van der Waals surface area contributed by atoms with Crippen molar-refractivity contribution in [1.29, 1.82) is 0 Å². The van der Waals surface area contributed by atoms with Crippen LogP contribution in [0.3, 0.4) is 0 Å². The molecule has 1 N–H and O–H groups in total. The fourth-order valence-electron chi connectivity index (χ4n) is 4.23. The lowest BCUT2D eigenvalue weighted by Crippen LogP contribution is -2.39. The zero-order chi connectivity index (χ0) is 19.3. The van der Waals surface area contributed by atoms with Gasteiger partial charge in [0.2, 0.25) is 11.8 Å². The number of carbonyl (C=O) groups excluding carboxylic acids is 2. The van der Waals surface area contributed by atoms with Gasteiger partial charge in [-0.3, -0.25) is 14.2 Å². The maximum Gasteiger partial charge on any atom is 0.420 e. The second-order valence-corrected chi connectivity index (χ2v) is 7.26. The van der Waals surface area contributed by atoms with Crippen LogP contribution in [-0.2, 0) is 29.0 Å². The first-order valence-electron chi connectivity index (χ1n) is 9.44. The minimum Gasteiger partial charge on any atom is -0.408 e. The Hall–Kier alpha value is -3.35. The predicted molar refractivity (Wildman–Crippen MR) is 105 cm³/mol. The summed E-state index contributed by atoms with van der Waals surface area (Å²) in [5.74, 6) is -0.664. The van der Waals surface area contributed by atoms with E-state index in [1.165, 1.54) is 4.57 Å². The number of benzene rings is 2. The lowest BCUT2D eigenvalue weighted by molar-refractivity contribution is -0.119. The Balaban J connectivity index is 1.42. The summed E-state index contributed by atoms with van der Waals surface area (Å²) in [5.41, 5.74) is 4.98. The van der Waals surface area contributed by atoms with Gasteiger partial charge in [0, 0.05) is 18.7 Å². The van der Waals surface area contributed by atoms with Crippen molar-refractivity contribution >= 4 is 34.3 Å². The van der Waals surface area contributed by atoms with Crippen molar-refractivity contribution in [2.45, 2.75) is 32.2 Å². The van der Waals surface area contributed by atoms with Crippen LogP contribution in [0.25, 0.3) is 11.1 Å². The van der Waals surface area contributed by atoms with Gasteiger partial charge in [-0.1, -0.05) is 12.1 Å². The molecule has 3 heterocycles. The van der Waals surface area contributed by atoms with Crippen LogP contribution in [0.5, 0.6) is 0 Å². The van der Waals surface area contributed by atoms with Crippen molar-refractivity contribution in [3.05, 3.63) is 58.1 Å². The Labute approximate surface area is 160 Å². The number of nitrogens with one attached hydrogen (secondary N) is 1. The molecule has 142 valence electrons. The molecule has 0 radical (unpaired) electrons. The van der Waals surface area contributed by atoms with E-state index in [4.69, 9.17) is 4.42 Å². The van der Waals surface area contributed by atoms with Gasteiger partial charge in [0.15, 0.2) is 5.58 Å². The molecule has 0 spiro atoms. The van der Waals surface area contributed by atoms with Crippen molar-refractivity contribution < 1.29 is 14.0 Å². The van der Waals surface area contributed by atoms with Gasteiger partial charge in [-0.15, -0.1) is 0 Å². The third kappa shape index (κ3) is 2.70. The van der Waals surface area contributed by atoms with Crippen LogP contribution in [-0.4, -0.2) is 22.9 Å². The van der Waals surface area contributed by atoms with Gasteiger partial charge in [0.25, 0.3) is 0 Å². The van der Waals surface area contributed by atoms with Crippen LogP contribution in [0.15, 0.2) is 45.6 Å². The number of rotatable bonds is 3. The molecule has 1 aromatic heterocycles. The summed E-state index contributed by atoms with van der Waals surface area (Å²) >= 11 is 0. The second kappa shape index (κ2) is 6.37. The number of oxazole rings is 1. The summed E-state index contributed by atoms with van der Waals surface area (Å²) in [7, 11) is 0. The summed E-state index contributed by atoms with van der Waals surface area (Å²) < 4.78 is 6.51. The predicted octanol–water partition coefficient (Wildman–Crippen LogP) is 2.46. The van der Waals surface area contributed by atoms with Gasteiger partial charge in [0.05, 0.1) is 11.2 Å². The molecule has 0 aliphatic carbocycles. The first kappa shape index (κ1) is 16.8. The highest BCUT2D eigenvalue weighted by molar-refractivity contribution is 5.99. The van der Waals surface area contributed by atoms with E-state index in [-0.39, 0.29) is 18.4 Å². The quantitative estimate of drug-likeness (QED) is 0.760. The highest BCUT2D eigenvalue weighted by Gasteiger charge is 2.29. The van der Waals surface area contributed by atoms with Gasteiger partial charge in [0.1, 0.15) is 6.54 Å². The molecule has 3 aromatic rings. The molecule has 0 bridgehead atoms. The second-order valence-electron chi connectivity index (χ2n) is 7.26. The normalized spacial score (nSPS) is 15.6. The number of hydrogen-bond acceptors (Lipinski definition) is 4. The van der Waals surface area contributed by atoms with Crippen LogP contribution in [0.4, 0.5) is 11.4 Å². The molecule has 7 nitrogen and oxygen atoms in total. The van der Waals surface area contributed by atoms with Gasteiger partial charge in [-0.2, -0.15) is 0 Å². The third-order valence-corrected chi connectivity index (χ3v) is 5.43. The summed E-state index contributed by atoms with van der Waals surface area (Å²) in [6.45, 7) is 0.647. The van der Waals surface area contributed by atoms with Crippen LogP contribution in [0, 0.1) is 0 Å². The molecule has 2 aromatic carbocycles. The van der Waals surface area contributed by atoms with E-state index < -0.39 is 5.76 Å². The number of fused-ring (bicyclic) bond motifs is 1. The lowest BCUT2D eigenvalue weighted by Gasteiger charge is -2.35. The van der Waals surface area contributed by atoms with E-state index in [2.05, 4.69) is 5.32 Å². The highest BCUT2D eigenvalue weighted by atomic mass is 16.4. The zero-order valence-corrected chi connectivity index (χ0v) is 15.2.